The van der Waals surface area contributed by atoms with Gasteiger partial charge in [0.1, 0.15) is 17.2 Å². The summed E-state index contributed by atoms with van der Waals surface area (Å²) in [5, 5.41) is 6.50. The van der Waals surface area contributed by atoms with Crippen molar-refractivity contribution in [3.63, 3.8) is 0 Å². The molecule has 242 valence electrons. The van der Waals surface area contributed by atoms with Crippen LogP contribution in [0.4, 0.5) is 4.79 Å². The van der Waals surface area contributed by atoms with Crippen molar-refractivity contribution >= 4 is 34.8 Å². The van der Waals surface area contributed by atoms with Gasteiger partial charge >= 0.3 is 12.1 Å². The second-order valence-electron chi connectivity index (χ2n) is 13.4. The number of H-pyrrole nitrogens is 1. The summed E-state index contributed by atoms with van der Waals surface area (Å²) < 4.78 is 10.9. The van der Waals surface area contributed by atoms with Crippen LogP contribution in [0.1, 0.15) is 65.5 Å². The highest BCUT2D eigenvalue weighted by atomic mass is 16.6. The zero-order valence-electron chi connectivity index (χ0n) is 27.2. The summed E-state index contributed by atoms with van der Waals surface area (Å²) in [7, 11) is 0. The number of carbonyl (C=O) groups is 4. The lowest BCUT2D eigenvalue weighted by molar-refractivity contribution is -0.161. The molecular formula is C35H46N4O6. The monoisotopic (exact) mass is 618 g/mol. The van der Waals surface area contributed by atoms with Gasteiger partial charge in [-0.3, -0.25) is 14.4 Å². The number of amides is 3. The Morgan fingerprint density at radius 3 is 2.38 bits per heavy atom. The van der Waals surface area contributed by atoms with Gasteiger partial charge in [0.15, 0.2) is 0 Å². The lowest BCUT2D eigenvalue weighted by Crippen LogP contribution is -2.61. The number of likely N-dealkylation sites (tertiary alicyclic amines) is 1. The van der Waals surface area contributed by atoms with E-state index in [2.05, 4.69) is 15.6 Å². The molecule has 1 aromatic heterocycles. The fourth-order valence-corrected chi connectivity index (χ4v) is 5.87. The number of nitrogens with zero attached hydrogens (tertiary/aromatic N) is 1. The van der Waals surface area contributed by atoms with Crippen LogP contribution in [0.5, 0.6) is 0 Å². The maximum atomic E-state index is 14.4. The zero-order chi connectivity index (χ0) is 32.8. The van der Waals surface area contributed by atoms with Crippen LogP contribution in [0.2, 0.25) is 0 Å². The molecule has 1 aliphatic heterocycles. The van der Waals surface area contributed by atoms with Crippen molar-refractivity contribution in [2.75, 3.05) is 19.7 Å². The standard InChI is InChI=1S/C35H46N4O6/c1-7-44-31(42)35(21-24-14-9-8-10-15-24)18-13-19-39(23-35)29(40)28(20-25-22-36-27-17-12-11-16-26(25)27)37-30(41)34(5,6)38-32(43)45-33(2,3)4/h8-12,14-17,22,28,36H,7,13,18-21,23H2,1-6H3,(H,37,41)(H,38,43)/t28-,35+/m1/s1. The Kier molecular flexibility index (Phi) is 10.3. The van der Waals surface area contributed by atoms with E-state index in [9.17, 15) is 19.2 Å². The van der Waals surface area contributed by atoms with E-state index in [1.807, 2.05) is 60.8 Å². The number of aromatic amines is 1. The molecule has 3 amide bonds. The number of carbonyl (C=O) groups excluding carboxylic acids is 4. The maximum Gasteiger partial charge on any atom is 0.408 e. The first-order valence-corrected chi connectivity index (χ1v) is 15.6. The molecule has 10 heteroatoms. The number of esters is 1. The summed E-state index contributed by atoms with van der Waals surface area (Å²) in [6.45, 7) is 11.0. The van der Waals surface area contributed by atoms with E-state index in [-0.39, 0.29) is 31.4 Å². The van der Waals surface area contributed by atoms with Gasteiger partial charge in [0.25, 0.3) is 0 Å². The minimum Gasteiger partial charge on any atom is -0.466 e. The lowest BCUT2D eigenvalue weighted by atomic mass is 9.75. The summed E-state index contributed by atoms with van der Waals surface area (Å²) in [6.07, 6.45) is 2.93. The SMILES string of the molecule is CCOC(=O)[C@]1(Cc2ccccc2)CCCN(C(=O)[C@@H](Cc2c[nH]c3ccccc23)NC(=O)C(C)(C)NC(=O)OC(C)(C)C)C1. The number of hydrogen-bond acceptors (Lipinski definition) is 6. The van der Waals surface area contributed by atoms with Crippen LogP contribution in [0.3, 0.4) is 0 Å². The number of fused-ring (bicyclic) bond motifs is 1. The third-order valence-corrected chi connectivity index (χ3v) is 8.07. The molecule has 0 bridgehead atoms. The van der Waals surface area contributed by atoms with Crippen LogP contribution >= 0.6 is 0 Å². The number of rotatable bonds is 10. The summed E-state index contributed by atoms with van der Waals surface area (Å²) >= 11 is 0. The van der Waals surface area contributed by atoms with Gasteiger partial charge < -0.3 is 30.0 Å². The van der Waals surface area contributed by atoms with Gasteiger partial charge in [-0.25, -0.2) is 4.79 Å². The molecule has 0 unspecified atom stereocenters. The van der Waals surface area contributed by atoms with Crippen LogP contribution in [-0.4, -0.2) is 70.6 Å². The van der Waals surface area contributed by atoms with E-state index in [0.29, 0.717) is 25.8 Å². The molecule has 1 aliphatic rings. The predicted molar refractivity (Wildman–Crippen MR) is 172 cm³/mol. The van der Waals surface area contributed by atoms with Crippen molar-refractivity contribution in [1.82, 2.24) is 20.5 Å². The summed E-state index contributed by atoms with van der Waals surface area (Å²) in [4.78, 5) is 59.0. The van der Waals surface area contributed by atoms with Crippen LogP contribution in [0.25, 0.3) is 10.9 Å². The van der Waals surface area contributed by atoms with Gasteiger partial charge in [0, 0.05) is 36.6 Å². The van der Waals surface area contributed by atoms with E-state index < -0.39 is 34.6 Å². The second kappa shape index (κ2) is 13.7. The minimum absolute atomic E-state index is 0.166. The molecule has 0 aliphatic carbocycles. The first-order chi connectivity index (χ1) is 21.2. The highest BCUT2D eigenvalue weighted by Crippen LogP contribution is 2.36. The number of para-hydroxylation sites is 1. The van der Waals surface area contributed by atoms with Crippen molar-refractivity contribution in [1.29, 1.82) is 0 Å². The van der Waals surface area contributed by atoms with Gasteiger partial charge in [-0.1, -0.05) is 48.5 Å². The number of hydrogen-bond donors (Lipinski definition) is 3. The molecule has 2 heterocycles. The molecule has 45 heavy (non-hydrogen) atoms. The van der Waals surface area contributed by atoms with Gasteiger partial charge in [-0.05, 0) is 78.0 Å². The van der Waals surface area contributed by atoms with E-state index in [1.54, 1.807) is 46.4 Å². The fraction of sp³-hybridized carbons (Fsp3) is 0.486. The van der Waals surface area contributed by atoms with Crippen molar-refractivity contribution in [3.05, 3.63) is 71.9 Å². The molecule has 4 rings (SSSR count). The Morgan fingerprint density at radius 1 is 1.00 bits per heavy atom. The molecule has 0 spiro atoms. The third-order valence-electron chi connectivity index (χ3n) is 8.07. The molecule has 3 aromatic rings. The van der Waals surface area contributed by atoms with Gasteiger partial charge in [-0.2, -0.15) is 0 Å². The molecule has 0 radical (unpaired) electrons. The molecule has 1 fully saturated rings. The van der Waals surface area contributed by atoms with Crippen LogP contribution in [-0.2, 0) is 36.7 Å². The van der Waals surface area contributed by atoms with Crippen LogP contribution in [0.15, 0.2) is 60.8 Å². The highest BCUT2D eigenvalue weighted by Gasteiger charge is 2.46. The van der Waals surface area contributed by atoms with Crippen LogP contribution in [0, 0.1) is 5.41 Å². The highest BCUT2D eigenvalue weighted by molar-refractivity contribution is 5.94. The fourth-order valence-electron chi connectivity index (χ4n) is 5.87. The molecule has 2 aromatic carbocycles. The second-order valence-corrected chi connectivity index (χ2v) is 13.4. The average Bonchev–Trinajstić information content (AvgIpc) is 3.38. The molecule has 3 N–H and O–H groups in total. The summed E-state index contributed by atoms with van der Waals surface area (Å²) in [5.41, 5.74) is -0.287. The number of alkyl carbamates (subject to hydrolysis) is 1. The molecule has 1 saturated heterocycles. The van der Waals surface area contributed by atoms with Crippen molar-refractivity contribution in [2.24, 2.45) is 5.41 Å². The Balaban J connectivity index is 1.62. The topological polar surface area (TPSA) is 130 Å². The van der Waals surface area contributed by atoms with E-state index in [0.717, 1.165) is 22.0 Å². The average molecular weight is 619 g/mol. The number of benzene rings is 2. The van der Waals surface area contributed by atoms with Crippen molar-refractivity contribution in [2.45, 2.75) is 84.4 Å². The smallest absolute Gasteiger partial charge is 0.408 e. The molecule has 0 saturated carbocycles. The largest absolute Gasteiger partial charge is 0.466 e. The zero-order valence-corrected chi connectivity index (χ0v) is 27.2. The number of aromatic nitrogens is 1. The Bertz CT molecular complexity index is 1510. The third kappa shape index (κ3) is 8.44. The van der Waals surface area contributed by atoms with E-state index >= 15 is 0 Å². The molecule has 10 nitrogen and oxygen atoms in total. The molecule has 2 atom stereocenters. The van der Waals surface area contributed by atoms with Crippen molar-refractivity contribution < 1.29 is 28.7 Å². The van der Waals surface area contributed by atoms with E-state index in [4.69, 9.17) is 9.47 Å². The number of ether oxygens (including phenoxy) is 2. The normalized spacial score (nSPS) is 17.8. The first kappa shape index (κ1) is 33.6. The molecular weight excluding hydrogens is 572 g/mol. The number of piperidine rings is 1. The minimum atomic E-state index is -1.38. The lowest BCUT2D eigenvalue weighted by Gasteiger charge is -2.42. The van der Waals surface area contributed by atoms with E-state index in [1.165, 1.54) is 0 Å². The maximum absolute atomic E-state index is 14.4. The predicted octanol–water partition coefficient (Wildman–Crippen LogP) is 4.91. The van der Waals surface area contributed by atoms with Gasteiger partial charge in [0.05, 0.1) is 12.0 Å². The van der Waals surface area contributed by atoms with Crippen molar-refractivity contribution in [3.8, 4) is 0 Å². The Hall–Kier alpha value is -4.34. The van der Waals surface area contributed by atoms with Gasteiger partial charge in [0.2, 0.25) is 11.8 Å². The Labute approximate surface area is 265 Å². The quantitative estimate of drug-likeness (QED) is 0.277. The number of nitrogens with one attached hydrogen (secondary N) is 3. The van der Waals surface area contributed by atoms with Gasteiger partial charge in [-0.15, -0.1) is 0 Å². The summed E-state index contributed by atoms with van der Waals surface area (Å²) in [6, 6.07) is 16.5. The first-order valence-electron chi connectivity index (χ1n) is 15.6. The Morgan fingerprint density at radius 2 is 1.69 bits per heavy atom. The summed E-state index contributed by atoms with van der Waals surface area (Å²) in [5.74, 6) is -1.17. The van der Waals surface area contributed by atoms with Crippen LogP contribution < -0.4 is 10.6 Å².